The Bertz CT molecular complexity index is 637. The molecule has 3 nitrogen and oxygen atoms in total. The first kappa shape index (κ1) is 17.5. The number of alkyl halides is 3. The molecule has 0 aliphatic carbocycles. The topological polar surface area (TPSA) is 48.0 Å². The van der Waals surface area contributed by atoms with Crippen molar-refractivity contribution in [2.45, 2.75) is 32.0 Å². The molecule has 0 unspecified atom stereocenters. The van der Waals surface area contributed by atoms with Gasteiger partial charge in [-0.3, -0.25) is 9.36 Å². The molecule has 2 aromatic rings. The van der Waals surface area contributed by atoms with E-state index in [-0.39, 0.29) is 24.7 Å². The molecule has 1 heterocycles. The van der Waals surface area contributed by atoms with Crippen LogP contribution in [0.2, 0.25) is 0 Å². The van der Waals surface area contributed by atoms with Crippen LogP contribution in [0.3, 0.4) is 0 Å². The van der Waals surface area contributed by atoms with Crippen LogP contribution in [0.25, 0.3) is 10.9 Å². The van der Waals surface area contributed by atoms with Crippen molar-refractivity contribution < 1.29 is 18.0 Å². The van der Waals surface area contributed by atoms with Crippen LogP contribution in [-0.2, 0) is 0 Å². The van der Waals surface area contributed by atoms with Gasteiger partial charge < -0.3 is 5.73 Å². The minimum atomic E-state index is -4.23. The van der Waals surface area contributed by atoms with Crippen molar-refractivity contribution in [2.75, 3.05) is 0 Å². The zero-order valence-electron chi connectivity index (χ0n) is 11.4. The lowest BCUT2D eigenvalue weighted by Crippen LogP contribution is -2.15. The monoisotopic (exact) mass is 320 g/mol. The maximum atomic E-state index is 12.3. The van der Waals surface area contributed by atoms with E-state index in [1.807, 2.05) is 0 Å². The number of hydrogen-bond acceptors (Lipinski definition) is 2. The van der Waals surface area contributed by atoms with Crippen molar-refractivity contribution in [1.82, 2.24) is 4.57 Å². The van der Waals surface area contributed by atoms with Crippen molar-refractivity contribution in [1.29, 1.82) is 0 Å². The first-order chi connectivity index (χ1) is 9.29. The fourth-order valence-electron chi connectivity index (χ4n) is 2.24. The number of benzene rings is 1. The molecule has 0 fully saturated rings. The summed E-state index contributed by atoms with van der Waals surface area (Å²) < 4.78 is 38.2. The average molecular weight is 321 g/mol. The molecule has 0 saturated carbocycles. The zero-order valence-corrected chi connectivity index (χ0v) is 12.2. The molecule has 0 bridgehead atoms. The van der Waals surface area contributed by atoms with Crippen molar-refractivity contribution in [3.8, 4) is 0 Å². The number of carbonyl (C=O) groups excluding carboxylic acids is 1. The maximum absolute atomic E-state index is 12.3. The van der Waals surface area contributed by atoms with E-state index in [9.17, 15) is 18.0 Å². The molecule has 0 spiro atoms. The summed E-state index contributed by atoms with van der Waals surface area (Å²) in [5, 5.41) is 0.720. The molecule has 0 aliphatic heterocycles. The molecular formula is C14H16ClF3N2O. The van der Waals surface area contributed by atoms with E-state index in [4.69, 9.17) is 5.73 Å². The Morgan fingerprint density at radius 1 is 1.33 bits per heavy atom. The van der Waals surface area contributed by atoms with Crippen molar-refractivity contribution in [3.63, 3.8) is 0 Å². The summed E-state index contributed by atoms with van der Waals surface area (Å²) in [6, 6.07) is 6.30. The van der Waals surface area contributed by atoms with Gasteiger partial charge in [-0.2, -0.15) is 13.2 Å². The molecule has 21 heavy (non-hydrogen) atoms. The number of carbonyl (C=O) groups is 1. The standard InChI is InChI=1S/C14H15F3N2O.ClH/c1-9(20)19-8-11(10-4-2-3-5-13(10)19)12(18)6-7-14(15,16)17;/h2-5,8,12H,6-7,18H2,1H3;1H/t12-;/m0./s1. The number of rotatable bonds is 3. The third-order valence-corrected chi connectivity index (χ3v) is 3.22. The summed E-state index contributed by atoms with van der Waals surface area (Å²) in [4.78, 5) is 11.6. The molecule has 2 rings (SSSR count). The highest BCUT2D eigenvalue weighted by atomic mass is 35.5. The van der Waals surface area contributed by atoms with Crippen LogP contribution in [-0.4, -0.2) is 16.7 Å². The highest BCUT2D eigenvalue weighted by Crippen LogP contribution is 2.31. The van der Waals surface area contributed by atoms with Gasteiger partial charge in [-0.25, -0.2) is 0 Å². The second kappa shape index (κ2) is 6.49. The summed E-state index contributed by atoms with van der Waals surface area (Å²) >= 11 is 0. The van der Waals surface area contributed by atoms with Crippen LogP contribution in [0.5, 0.6) is 0 Å². The number of halogens is 4. The Kier molecular flexibility index (Phi) is 5.42. The van der Waals surface area contributed by atoms with Gasteiger partial charge in [0.25, 0.3) is 0 Å². The van der Waals surface area contributed by atoms with Crippen LogP contribution in [0, 0.1) is 0 Å². The van der Waals surface area contributed by atoms with Crippen LogP contribution >= 0.6 is 12.4 Å². The third-order valence-electron chi connectivity index (χ3n) is 3.22. The first-order valence-corrected chi connectivity index (χ1v) is 6.23. The molecular weight excluding hydrogens is 305 g/mol. The maximum Gasteiger partial charge on any atom is 0.389 e. The average Bonchev–Trinajstić information content (AvgIpc) is 2.75. The van der Waals surface area contributed by atoms with E-state index in [1.54, 1.807) is 24.3 Å². The van der Waals surface area contributed by atoms with Gasteiger partial charge in [0.1, 0.15) is 0 Å². The Labute approximate surface area is 126 Å². The number of nitrogens with two attached hydrogens (primary N) is 1. The zero-order chi connectivity index (χ0) is 14.9. The molecule has 116 valence electrons. The molecule has 1 atom stereocenters. The van der Waals surface area contributed by atoms with Crippen LogP contribution in [0.4, 0.5) is 13.2 Å². The van der Waals surface area contributed by atoms with Gasteiger partial charge in [-0.15, -0.1) is 12.4 Å². The van der Waals surface area contributed by atoms with Crippen LogP contribution < -0.4 is 5.73 Å². The van der Waals surface area contributed by atoms with E-state index >= 15 is 0 Å². The lowest BCUT2D eigenvalue weighted by molar-refractivity contribution is -0.136. The van der Waals surface area contributed by atoms with Crippen molar-refractivity contribution >= 4 is 29.2 Å². The summed E-state index contributed by atoms with van der Waals surface area (Å²) in [6.07, 6.45) is -3.83. The number of nitrogens with zero attached hydrogens (tertiary/aromatic N) is 1. The second-order valence-electron chi connectivity index (χ2n) is 4.75. The quantitative estimate of drug-likeness (QED) is 0.927. The van der Waals surface area contributed by atoms with Gasteiger partial charge >= 0.3 is 6.18 Å². The third kappa shape index (κ3) is 3.98. The van der Waals surface area contributed by atoms with Crippen LogP contribution in [0.15, 0.2) is 30.5 Å². The second-order valence-corrected chi connectivity index (χ2v) is 4.75. The fourth-order valence-corrected chi connectivity index (χ4v) is 2.24. The Morgan fingerprint density at radius 2 is 1.95 bits per heavy atom. The van der Waals surface area contributed by atoms with Crippen molar-refractivity contribution in [3.05, 3.63) is 36.0 Å². The van der Waals surface area contributed by atoms with E-state index < -0.39 is 18.6 Å². The molecule has 0 saturated heterocycles. The van der Waals surface area contributed by atoms with Gasteiger partial charge in [0.05, 0.1) is 5.52 Å². The largest absolute Gasteiger partial charge is 0.389 e. The van der Waals surface area contributed by atoms with Crippen LogP contribution in [0.1, 0.15) is 36.2 Å². The predicted octanol–water partition coefficient (Wildman–Crippen LogP) is 4.07. The van der Waals surface area contributed by atoms with E-state index in [2.05, 4.69) is 0 Å². The number of hydrogen-bond donors (Lipinski definition) is 1. The minimum Gasteiger partial charge on any atom is -0.324 e. The smallest absolute Gasteiger partial charge is 0.324 e. The number of fused-ring (bicyclic) bond motifs is 1. The highest BCUT2D eigenvalue weighted by molar-refractivity contribution is 5.93. The predicted molar refractivity (Wildman–Crippen MR) is 77.7 cm³/mol. The molecule has 7 heteroatoms. The molecule has 0 amide bonds. The van der Waals surface area contributed by atoms with E-state index in [1.165, 1.54) is 17.7 Å². The van der Waals surface area contributed by atoms with E-state index in [0.717, 1.165) is 5.39 Å². The van der Waals surface area contributed by atoms with Gasteiger partial charge in [0, 0.05) is 31.0 Å². The number of para-hydroxylation sites is 1. The SMILES string of the molecule is CC(=O)n1cc([C@@H](N)CCC(F)(F)F)c2ccccc21.Cl. The molecule has 0 radical (unpaired) electrons. The van der Waals surface area contributed by atoms with Gasteiger partial charge in [-0.05, 0) is 18.1 Å². The summed E-state index contributed by atoms with van der Waals surface area (Å²) in [5.74, 6) is -0.199. The lowest BCUT2D eigenvalue weighted by atomic mass is 10.0. The minimum absolute atomic E-state index is 0. The summed E-state index contributed by atoms with van der Waals surface area (Å²) in [7, 11) is 0. The van der Waals surface area contributed by atoms with Crippen molar-refractivity contribution in [2.24, 2.45) is 5.73 Å². The van der Waals surface area contributed by atoms with Gasteiger partial charge in [-0.1, -0.05) is 18.2 Å². The Hall–Kier alpha value is -1.53. The van der Waals surface area contributed by atoms with E-state index in [0.29, 0.717) is 11.1 Å². The lowest BCUT2D eigenvalue weighted by Gasteiger charge is -2.12. The van der Waals surface area contributed by atoms with Gasteiger partial charge in [0.15, 0.2) is 0 Å². The molecule has 1 aromatic heterocycles. The molecule has 2 N–H and O–H groups in total. The Morgan fingerprint density at radius 3 is 2.52 bits per heavy atom. The molecule has 1 aromatic carbocycles. The first-order valence-electron chi connectivity index (χ1n) is 6.23. The van der Waals surface area contributed by atoms with Gasteiger partial charge in [0.2, 0.25) is 5.91 Å². The highest BCUT2D eigenvalue weighted by Gasteiger charge is 2.28. The normalized spacial score (nSPS) is 13.0. The summed E-state index contributed by atoms with van der Waals surface area (Å²) in [5.41, 5.74) is 7.09. The summed E-state index contributed by atoms with van der Waals surface area (Å²) in [6.45, 7) is 1.40. The fraction of sp³-hybridized carbons (Fsp3) is 0.357. The molecule has 0 aliphatic rings. The Balaban J connectivity index is 0.00000220. The number of aromatic nitrogens is 1.